The van der Waals surface area contributed by atoms with Gasteiger partial charge in [0.05, 0.1) is 12.0 Å². The fourth-order valence-corrected chi connectivity index (χ4v) is 3.39. The summed E-state index contributed by atoms with van der Waals surface area (Å²) in [5.41, 5.74) is 0.500. The van der Waals surface area contributed by atoms with Crippen LogP contribution in [0.1, 0.15) is 22.5 Å². The highest BCUT2D eigenvalue weighted by atomic mass is 127. The van der Waals surface area contributed by atoms with Gasteiger partial charge in [-0.25, -0.2) is 0 Å². The van der Waals surface area contributed by atoms with Crippen molar-refractivity contribution in [2.45, 2.75) is 13.0 Å². The minimum Gasteiger partial charge on any atom is -0.493 e. The summed E-state index contributed by atoms with van der Waals surface area (Å²) < 4.78 is 12.7. The second-order valence-electron chi connectivity index (χ2n) is 6.83. The van der Waals surface area contributed by atoms with Crippen molar-refractivity contribution in [3.8, 4) is 17.4 Å². The predicted octanol–water partition coefficient (Wildman–Crippen LogP) is 4.47. The Bertz CT molecular complexity index is 1270. The number of ether oxygens (including phenoxy) is 2. The van der Waals surface area contributed by atoms with Crippen LogP contribution < -0.4 is 15.0 Å². The van der Waals surface area contributed by atoms with Crippen molar-refractivity contribution in [1.29, 1.82) is 0 Å². The number of benzene rings is 2. The van der Waals surface area contributed by atoms with Crippen LogP contribution in [0.25, 0.3) is 12.2 Å². The molecule has 0 aliphatic rings. The van der Waals surface area contributed by atoms with Crippen molar-refractivity contribution < 1.29 is 19.5 Å². The van der Waals surface area contributed by atoms with Crippen LogP contribution in [-0.2, 0) is 13.0 Å². The molecule has 2 N–H and O–H groups in total. The Morgan fingerprint density at radius 3 is 2.61 bits per heavy atom. The van der Waals surface area contributed by atoms with Gasteiger partial charge in [0.25, 0.3) is 5.88 Å². The average Bonchev–Trinajstić information content (AvgIpc) is 2.77. The number of halogens is 1. The predicted molar refractivity (Wildman–Crippen MR) is 132 cm³/mol. The largest absolute Gasteiger partial charge is 0.493 e. The van der Waals surface area contributed by atoms with Gasteiger partial charge in [-0.15, -0.1) is 6.58 Å². The summed E-state index contributed by atoms with van der Waals surface area (Å²) in [6.45, 7) is 4.16. The van der Waals surface area contributed by atoms with Crippen LogP contribution >= 0.6 is 22.6 Å². The number of H-pyrrole nitrogens is 1. The lowest BCUT2D eigenvalue weighted by molar-refractivity contribution is -0.387. The molecule has 0 atom stereocenters. The maximum Gasteiger partial charge on any atom is 0.395 e. The lowest BCUT2D eigenvalue weighted by atomic mass is 10.0. The van der Waals surface area contributed by atoms with Crippen LogP contribution in [-0.4, -0.2) is 27.1 Å². The summed E-state index contributed by atoms with van der Waals surface area (Å²) >= 11 is 2.24. The topological polar surface area (TPSA) is 128 Å². The Balaban J connectivity index is 1.91. The number of allylic oxidation sites excluding steroid dienone is 1. The average molecular weight is 561 g/mol. The molecule has 9 nitrogen and oxygen atoms in total. The summed E-state index contributed by atoms with van der Waals surface area (Å²) in [5, 5.41) is 20.5. The molecule has 0 amide bonds. The van der Waals surface area contributed by atoms with Gasteiger partial charge in [0.1, 0.15) is 12.4 Å². The summed E-state index contributed by atoms with van der Waals surface area (Å²) in [6.07, 6.45) is 5.31. The number of nitrogens with one attached hydrogen (secondary N) is 1. The molecule has 0 aliphatic heterocycles. The van der Waals surface area contributed by atoms with E-state index in [1.165, 1.54) is 13.2 Å². The Morgan fingerprint density at radius 2 is 2.00 bits per heavy atom. The molecule has 0 spiro atoms. The normalized spacial score (nSPS) is 10.8. The van der Waals surface area contributed by atoms with E-state index in [1.54, 1.807) is 18.2 Å². The molecular formula is C23H20IN3O6. The zero-order valence-electron chi connectivity index (χ0n) is 17.6. The third-order valence-corrected chi connectivity index (χ3v) is 5.26. The highest BCUT2D eigenvalue weighted by Gasteiger charge is 2.21. The lowest BCUT2D eigenvalue weighted by Crippen LogP contribution is -2.14. The first-order chi connectivity index (χ1) is 15.8. The van der Waals surface area contributed by atoms with Gasteiger partial charge in [-0.2, -0.15) is 4.98 Å². The van der Waals surface area contributed by atoms with Crippen molar-refractivity contribution in [2.75, 3.05) is 7.11 Å². The molecule has 0 saturated heterocycles. The van der Waals surface area contributed by atoms with Crippen LogP contribution in [0.4, 0.5) is 5.69 Å². The number of methoxy groups -OCH3 is 1. The van der Waals surface area contributed by atoms with Gasteiger partial charge in [0.15, 0.2) is 11.5 Å². The maximum absolute atomic E-state index is 11.8. The van der Waals surface area contributed by atoms with E-state index in [0.29, 0.717) is 30.1 Å². The highest BCUT2D eigenvalue weighted by molar-refractivity contribution is 14.1. The van der Waals surface area contributed by atoms with E-state index in [1.807, 2.05) is 30.3 Å². The van der Waals surface area contributed by atoms with Crippen LogP contribution in [0.15, 0.2) is 53.8 Å². The third-order valence-electron chi connectivity index (χ3n) is 4.55. The molecule has 33 heavy (non-hydrogen) atoms. The zero-order valence-corrected chi connectivity index (χ0v) is 19.7. The van der Waals surface area contributed by atoms with Crippen molar-refractivity contribution in [3.05, 3.63) is 95.6 Å². The second kappa shape index (κ2) is 10.8. The molecule has 0 saturated carbocycles. The quantitative estimate of drug-likeness (QED) is 0.171. The van der Waals surface area contributed by atoms with Crippen molar-refractivity contribution in [1.82, 2.24) is 9.97 Å². The SMILES string of the molecule is C=CCc1cc(/C=C/c2nc(O)c([N+](=O)[O-])c(=O)[nH]2)cc(OC)c1OCc1ccc(I)cc1. The monoisotopic (exact) mass is 561 g/mol. The Hall–Kier alpha value is -3.67. The van der Waals surface area contributed by atoms with E-state index in [2.05, 4.69) is 39.1 Å². The van der Waals surface area contributed by atoms with Gasteiger partial charge in [-0.1, -0.05) is 24.3 Å². The fourth-order valence-electron chi connectivity index (χ4n) is 3.03. The summed E-state index contributed by atoms with van der Waals surface area (Å²) in [4.78, 5) is 27.6. The summed E-state index contributed by atoms with van der Waals surface area (Å²) in [7, 11) is 1.53. The van der Waals surface area contributed by atoms with E-state index in [4.69, 9.17) is 9.47 Å². The molecule has 0 bridgehead atoms. The number of hydrogen-bond donors (Lipinski definition) is 2. The van der Waals surface area contributed by atoms with Crippen LogP contribution in [0, 0.1) is 13.7 Å². The number of aromatic hydroxyl groups is 1. The van der Waals surface area contributed by atoms with Gasteiger partial charge >= 0.3 is 11.2 Å². The fraction of sp³-hybridized carbons (Fsp3) is 0.130. The molecule has 2 aromatic carbocycles. The van der Waals surface area contributed by atoms with Crippen molar-refractivity contribution in [2.24, 2.45) is 0 Å². The van der Waals surface area contributed by atoms with E-state index in [-0.39, 0.29) is 5.82 Å². The smallest absolute Gasteiger partial charge is 0.395 e. The Kier molecular flexibility index (Phi) is 7.83. The van der Waals surface area contributed by atoms with Gasteiger partial charge in [0, 0.05) is 9.13 Å². The van der Waals surface area contributed by atoms with Crippen molar-refractivity contribution in [3.63, 3.8) is 0 Å². The lowest BCUT2D eigenvalue weighted by Gasteiger charge is -2.16. The molecule has 3 aromatic rings. The number of nitrogens with zero attached hydrogens (tertiary/aromatic N) is 2. The van der Waals surface area contributed by atoms with E-state index in [0.717, 1.165) is 14.7 Å². The molecular weight excluding hydrogens is 541 g/mol. The van der Waals surface area contributed by atoms with E-state index >= 15 is 0 Å². The first-order valence-electron chi connectivity index (χ1n) is 9.67. The number of aromatic nitrogens is 2. The molecule has 1 heterocycles. The number of rotatable bonds is 9. The molecule has 0 unspecified atom stereocenters. The highest BCUT2D eigenvalue weighted by Crippen LogP contribution is 2.35. The molecule has 0 aliphatic carbocycles. The number of aromatic amines is 1. The third kappa shape index (κ3) is 5.98. The molecule has 1 aromatic heterocycles. The number of nitro groups is 1. The summed E-state index contributed by atoms with van der Waals surface area (Å²) in [6, 6.07) is 11.6. The molecule has 3 rings (SSSR count). The minimum absolute atomic E-state index is 0.0358. The van der Waals surface area contributed by atoms with Crippen LogP contribution in [0.3, 0.4) is 0 Å². The second-order valence-corrected chi connectivity index (χ2v) is 8.08. The number of hydrogen-bond acceptors (Lipinski definition) is 7. The van der Waals surface area contributed by atoms with E-state index < -0.39 is 22.0 Å². The Labute approximate surface area is 202 Å². The maximum atomic E-state index is 11.8. The standard InChI is InChI=1S/C23H20IN3O6/c1-3-4-16-11-15(7-10-19-25-22(28)20(27(30)31)23(29)26-19)12-18(32-2)21(16)33-13-14-5-8-17(24)9-6-14/h3,5-12H,1,4,13H2,2H3,(H2,25,26,28,29)/b10-7+. The molecule has 0 fully saturated rings. The van der Waals surface area contributed by atoms with Gasteiger partial charge in [-0.05, 0) is 70.5 Å². The molecule has 170 valence electrons. The van der Waals surface area contributed by atoms with Crippen LogP contribution in [0.2, 0.25) is 0 Å². The van der Waals surface area contributed by atoms with Gasteiger partial charge < -0.3 is 19.6 Å². The van der Waals surface area contributed by atoms with E-state index in [9.17, 15) is 20.0 Å². The first-order valence-corrected chi connectivity index (χ1v) is 10.7. The zero-order chi connectivity index (χ0) is 24.0. The molecule has 10 heteroatoms. The Morgan fingerprint density at radius 1 is 1.27 bits per heavy atom. The summed E-state index contributed by atoms with van der Waals surface area (Å²) in [5.74, 6) is 0.110. The van der Waals surface area contributed by atoms with Gasteiger partial charge in [0.2, 0.25) is 0 Å². The van der Waals surface area contributed by atoms with Gasteiger partial charge in [-0.3, -0.25) is 14.9 Å². The van der Waals surface area contributed by atoms with Crippen molar-refractivity contribution >= 4 is 40.4 Å². The molecule has 0 radical (unpaired) electrons. The van der Waals surface area contributed by atoms with Crippen LogP contribution in [0.5, 0.6) is 17.4 Å². The first kappa shape index (κ1) is 24.0. The minimum atomic E-state index is -1.04.